The van der Waals surface area contributed by atoms with E-state index in [0.29, 0.717) is 17.5 Å². The van der Waals surface area contributed by atoms with Crippen molar-refractivity contribution in [2.75, 3.05) is 9.80 Å². The van der Waals surface area contributed by atoms with Crippen molar-refractivity contribution in [1.82, 2.24) is 9.55 Å². The predicted molar refractivity (Wildman–Crippen MR) is 231 cm³/mol. The van der Waals surface area contributed by atoms with Gasteiger partial charge in [0.1, 0.15) is 0 Å². The molecule has 2 unspecified atom stereocenters. The summed E-state index contributed by atoms with van der Waals surface area (Å²) in [5.74, 6) is 4.55. The second kappa shape index (κ2) is 15.9. The molecule has 0 amide bonds. The number of hydrogen-bond donors (Lipinski definition) is 0. The number of para-hydroxylation sites is 4. The minimum atomic E-state index is 0. The number of fused-ring (bicyclic) bond motifs is 5. The summed E-state index contributed by atoms with van der Waals surface area (Å²) in [6.07, 6.45) is 18.3. The molecule has 4 aliphatic rings. The monoisotopic (exact) mass is 948 g/mol. The number of ether oxygens (including phenoxy) is 1. The molecule has 7 heteroatoms. The Labute approximate surface area is 355 Å². The average Bonchev–Trinajstić information content (AvgIpc) is 3.96. The van der Waals surface area contributed by atoms with Crippen molar-refractivity contribution in [3.8, 4) is 16.6 Å². The molecule has 0 N–H and O–H groups in total. The van der Waals surface area contributed by atoms with Crippen molar-refractivity contribution in [3.63, 3.8) is 0 Å². The first-order valence-corrected chi connectivity index (χ1v) is 22.1. The van der Waals surface area contributed by atoms with Gasteiger partial charge in [0, 0.05) is 55.5 Å². The second-order valence-corrected chi connectivity index (χ2v) is 17.8. The molecule has 2 aromatic heterocycles. The smallest absolute Gasteiger partial charge is 0.193 e. The summed E-state index contributed by atoms with van der Waals surface area (Å²) in [7, 11) is 0. The molecule has 57 heavy (non-hydrogen) atoms. The SMILES string of the molecule is [Pt].[c-]1c(Oc2[c-]c3c(cc2)c2ccccc2n3-c2nc3ccccc3s2)cccc1N1[CH-]N(C2C(C3CCCCC3)CCCC2C2CCCCC2)c2ccccc21. The Kier molecular flexibility index (Phi) is 10.4. The van der Waals surface area contributed by atoms with Crippen LogP contribution in [0.15, 0.2) is 103 Å². The summed E-state index contributed by atoms with van der Waals surface area (Å²) >= 11 is 1.70. The molecule has 3 heterocycles. The third-order valence-electron chi connectivity index (χ3n) is 13.7. The summed E-state index contributed by atoms with van der Waals surface area (Å²) in [6, 6.07) is 44.4. The van der Waals surface area contributed by atoms with Crippen LogP contribution in [0.2, 0.25) is 0 Å². The Hall–Kier alpha value is -4.12. The van der Waals surface area contributed by atoms with E-state index in [0.717, 1.165) is 56.4 Å². The summed E-state index contributed by atoms with van der Waals surface area (Å²) in [5.41, 5.74) is 6.68. The minimum absolute atomic E-state index is 0. The zero-order valence-electron chi connectivity index (χ0n) is 32.4. The van der Waals surface area contributed by atoms with Crippen molar-refractivity contribution in [2.24, 2.45) is 23.7 Å². The zero-order chi connectivity index (χ0) is 37.0. The van der Waals surface area contributed by atoms with Crippen LogP contribution in [-0.4, -0.2) is 15.6 Å². The van der Waals surface area contributed by atoms with Crippen molar-refractivity contribution in [1.29, 1.82) is 0 Å². The quantitative estimate of drug-likeness (QED) is 0.149. The van der Waals surface area contributed by atoms with Crippen molar-refractivity contribution in [3.05, 3.63) is 122 Å². The van der Waals surface area contributed by atoms with Gasteiger partial charge in [0.25, 0.3) is 0 Å². The molecule has 3 fully saturated rings. The molecule has 2 atom stereocenters. The van der Waals surface area contributed by atoms with Gasteiger partial charge in [-0.3, -0.25) is 0 Å². The number of hydrogen-bond acceptors (Lipinski definition) is 5. The van der Waals surface area contributed by atoms with Crippen molar-refractivity contribution in [2.45, 2.75) is 89.5 Å². The maximum atomic E-state index is 6.66. The molecule has 11 rings (SSSR count). The van der Waals surface area contributed by atoms with E-state index in [1.165, 1.54) is 105 Å². The van der Waals surface area contributed by atoms with Gasteiger partial charge in [-0.05, 0) is 72.2 Å². The molecule has 0 spiro atoms. The Bertz CT molecular complexity index is 2450. The largest absolute Gasteiger partial charge is 0.509 e. The minimum Gasteiger partial charge on any atom is -0.509 e. The van der Waals surface area contributed by atoms with E-state index in [1.807, 2.05) is 12.1 Å². The molecule has 5 aromatic carbocycles. The van der Waals surface area contributed by atoms with Crippen LogP contribution in [-0.2, 0) is 21.1 Å². The fourth-order valence-corrected chi connectivity index (χ4v) is 12.2. The maximum Gasteiger partial charge on any atom is 0.193 e. The standard InChI is InChI=1S/C50H49N4OS.Pt/c1-3-15-34(16-4-1)39-22-14-23-40(35-17-5-2-6-18-35)49(39)53-33-52(45-26-10-11-27-46(45)53)36-19-13-20-37(31-36)55-38-29-30-42-41-21-7-9-25-44(41)54(47(42)32-38)50-51-43-24-8-12-28-48(43)56-50;/h7-13,19-21,24-30,33-35,39-40,49H,1-6,14-18,22-23H2;/q-3;. The second-order valence-electron chi connectivity index (χ2n) is 16.8. The number of rotatable bonds is 7. The van der Waals surface area contributed by atoms with Crippen LogP contribution < -0.4 is 14.5 Å². The molecule has 3 aliphatic carbocycles. The van der Waals surface area contributed by atoms with Crippen LogP contribution in [0.3, 0.4) is 0 Å². The molecule has 7 aromatic rings. The van der Waals surface area contributed by atoms with Gasteiger partial charge in [0.2, 0.25) is 0 Å². The number of anilines is 3. The number of benzene rings is 5. The topological polar surface area (TPSA) is 33.5 Å². The fraction of sp³-hybridized carbons (Fsp3) is 0.360. The van der Waals surface area contributed by atoms with Gasteiger partial charge >= 0.3 is 0 Å². The van der Waals surface area contributed by atoms with Crippen LogP contribution in [0, 0.1) is 42.5 Å². The number of thiazole rings is 1. The molecule has 0 bridgehead atoms. The summed E-state index contributed by atoms with van der Waals surface area (Å²) in [6.45, 7) is 2.44. The first-order chi connectivity index (χ1) is 27.8. The van der Waals surface area contributed by atoms with Crippen LogP contribution >= 0.6 is 11.3 Å². The maximum absolute atomic E-state index is 6.66. The van der Waals surface area contributed by atoms with Gasteiger partial charge in [-0.15, -0.1) is 41.4 Å². The molecule has 3 saturated carbocycles. The summed E-state index contributed by atoms with van der Waals surface area (Å²) in [4.78, 5) is 10.2. The van der Waals surface area contributed by atoms with E-state index in [-0.39, 0.29) is 21.1 Å². The van der Waals surface area contributed by atoms with E-state index in [1.54, 1.807) is 11.3 Å². The predicted octanol–water partition coefficient (Wildman–Crippen LogP) is 13.8. The van der Waals surface area contributed by atoms with E-state index in [9.17, 15) is 0 Å². The number of nitrogens with zero attached hydrogens (tertiary/aromatic N) is 4. The Morgan fingerprint density at radius 3 is 2.07 bits per heavy atom. The van der Waals surface area contributed by atoms with E-state index in [4.69, 9.17) is 9.72 Å². The van der Waals surface area contributed by atoms with Crippen molar-refractivity contribution < 1.29 is 25.8 Å². The molecule has 0 radical (unpaired) electrons. The van der Waals surface area contributed by atoms with E-state index >= 15 is 0 Å². The van der Waals surface area contributed by atoms with Gasteiger partial charge in [-0.2, -0.15) is 18.8 Å². The van der Waals surface area contributed by atoms with Gasteiger partial charge < -0.3 is 19.1 Å². The zero-order valence-corrected chi connectivity index (χ0v) is 35.5. The van der Waals surface area contributed by atoms with Crippen LogP contribution in [0.25, 0.3) is 37.2 Å². The third kappa shape index (κ3) is 6.79. The van der Waals surface area contributed by atoms with Crippen LogP contribution in [0.1, 0.15) is 83.5 Å². The van der Waals surface area contributed by atoms with E-state index < -0.39 is 0 Å². The van der Waals surface area contributed by atoms with Crippen molar-refractivity contribution >= 4 is 60.4 Å². The number of aromatic nitrogens is 2. The van der Waals surface area contributed by atoms with E-state index in [2.05, 4.69) is 124 Å². The summed E-state index contributed by atoms with van der Waals surface area (Å²) < 4.78 is 10.1. The molecule has 1 aliphatic heterocycles. The molecular weight excluding hydrogens is 900 g/mol. The molecule has 294 valence electrons. The van der Waals surface area contributed by atoms with Crippen LogP contribution in [0.4, 0.5) is 17.1 Å². The fourth-order valence-electron chi connectivity index (χ4n) is 11.2. The Morgan fingerprint density at radius 2 is 1.30 bits per heavy atom. The molecule has 5 nitrogen and oxygen atoms in total. The Morgan fingerprint density at radius 1 is 0.614 bits per heavy atom. The first-order valence-electron chi connectivity index (χ1n) is 21.3. The van der Waals surface area contributed by atoms with Gasteiger partial charge in [-0.25, -0.2) is 4.98 Å². The van der Waals surface area contributed by atoms with Gasteiger partial charge in [-0.1, -0.05) is 130 Å². The van der Waals surface area contributed by atoms with Gasteiger partial charge in [0.05, 0.1) is 10.2 Å². The molecular formula is C50H49N4OPtS-3. The average molecular weight is 949 g/mol. The Balaban J connectivity index is 0.00000396. The van der Waals surface area contributed by atoms with Gasteiger partial charge in [0.15, 0.2) is 5.13 Å². The van der Waals surface area contributed by atoms with Crippen LogP contribution in [0.5, 0.6) is 11.5 Å². The summed E-state index contributed by atoms with van der Waals surface area (Å²) in [5, 5.41) is 3.25. The normalized spacial score (nSPS) is 21.9. The third-order valence-corrected chi connectivity index (χ3v) is 14.7. The molecule has 0 saturated heterocycles. The first kappa shape index (κ1) is 37.2.